The third-order valence-corrected chi connectivity index (χ3v) is 6.28. The predicted octanol–water partition coefficient (Wildman–Crippen LogP) is 5.81. The number of benzene rings is 3. The molecule has 0 radical (unpaired) electrons. The molecule has 0 unspecified atom stereocenters. The van der Waals surface area contributed by atoms with Crippen LogP contribution in [0.2, 0.25) is 0 Å². The van der Waals surface area contributed by atoms with Gasteiger partial charge in [-0.1, -0.05) is 60.2 Å². The normalized spacial score (nSPS) is 15.4. The number of amides is 1. The van der Waals surface area contributed by atoms with Crippen LogP contribution in [0.15, 0.2) is 77.2 Å². The smallest absolute Gasteiger partial charge is 0.229 e. The summed E-state index contributed by atoms with van der Waals surface area (Å²) in [4.78, 5) is 20.0. The topological polar surface area (TPSA) is 46.3 Å². The molecule has 4 nitrogen and oxygen atoms in total. The van der Waals surface area contributed by atoms with E-state index in [1.807, 2.05) is 11.0 Å². The summed E-state index contributed by atoms with van der Waals surface area (Å²) in [7, 11) is 0. The molecule has 0 saturated heterocycles. The third-order valence-electron chi connectivity index (χ3n) is 6.28. The molecule has 166 valence electrons. The minimum atomic E-state index is -0.353. The Balaban J connectivity index is 1.46. The first kappa shape index (κ1) is 21.1. The van der Waals surface area contributed by atoms with Crippen molar-refractivity contribution in [3.05, 3.63) is 112 Å². The van der Waals surface area contributed by atoms with Crippen molar-refractivity contribution < 1.29 is 13.6 Å². The van der Waals surface area contributed by atoms with Crippen molar-refractivity contribution in [3.63, 3.8) is 0 Å². The second kappa shape index (κ2) is 8.66. The van der Waals surface area contributed by atoms with Crippen LogP contribution < -0.4 is 0 Å². The van der Waals surface area contributed by atoms with Gasteiger partial charge < -0.3 is 9.32 Å². The molecule has 1 aromatic heterocycles. The number of carbonyl (C=O) groups excluding carboxylic acids is 1. The maximum absolute atomic E-state index is 13.6. The summed E-state index contributed by atoms with van der Waals surface area (Å²) < 4.78 is 19.4. The van der Waals surface area contributed by atoms with E-state index in [1.54, 1.807) is 19.1 Å². The molecule has 0 aliphatic carbocycles. The Labute approximate surface area is 192 Å². The molecular weight excluding hydrogens is 415 g/mol. The van der Waals surface area contributed by atoms with E-state index >= 15 is 0 Å². The first-order chi connectivity index (χ1) is 16.0. The molecule has 0 N–H and O–H groups in total. The van der Waals surface area contributed by atoms with Crippen LogP contribution in [0.5, 0.6) is 0 Å². The van der Waals surface area contributed by atoms with E-state index in [2.05, 4.69) is 54.4 Å². The number of nitrogens with zero attached hydrogens (tertiary/aromatic N) is 2. The fraction of sp³-hybridized carbons (Fsp3) is 0.214. The van der Waals surface area contributed by atoms with Gasteiger partial charge in [0.15, 0.2) is 0 Å². The van der Waals surface area contributed by atoms with E-state index in [9.17, 15) is 9.18 Å². The lowest BCUT2D eigenvalue weighted by Gasteiger charge is -2.38. The lowest BCUT2D eigenvalue weighted by molar-refractivity contribution is -0.132. The van der Waals surface area contributed by atoms with E-state index in [0.29, 0.717) is 29.5 Å². The number of carbonyl (C=O) groups is 1. The van der Waals surface area contributed by atoms with Gasteiger partial charge in [-0.15, -0.1) is 0 Å². The Morgan fingerprint density at radius 1 is 1.06 bits per heavy atom. The number of halogens is 1. The van der Waals surface area contributed by atoms with Gasteiger partial charge in [0.1, 0.15) is 11.6 Å². The maximum atomic E-state index is 13.6. The van der Waals surface area contributed by atoms with Gasteiger partial charge in [-0.05, 0) is 55.2 Å². The predicted molar refractivity (Wildman–Crippen MR) is 125 cm³/mol. The van der Waals surface area contributed by atoms with Gasteiger partial charge in [-0.3, -0.25) is 4.79 Å². The van der Waals surface area contributed by atoms with Crippen LogP contribution in [0.3, 0.4) is 0 Å². The summed E-state index contributed by atoms with van der Waals surface area (Å²) in [5.41, 5.74) is 5.86. The van der Waals surface area contributed by atoms with Crippen LogP contribution >= 0.6 is 0 Å². The van der Waals surface area contributed by atoms with Crippen LogP contribution in [0.25, 0.3) is 11.5 Å². The average Bonchev–Trinajstić information content (AvgIpc) is 3.19. The number of oxazole rings is 1. The first-order valence-electron chi connectivity index (χ1n) is 11.2. The number of aromatic nitrogens is 1. The Morgan fingerprint density at radius 3 is 2.64 bits per heavy atom. The summed E-state index contributed by atoms with van der Waals surface area (Å²) in [6, 6.07) is 22.7. The second-order valence-electron chi connectivity index (χ2n) is 8.56. The molecule has 1 amide bonds. The molecule has 33 heavy (non-hydrogen) atoms. The Hall–Kier alpha value is -3.73. The summed E-state index contributed by atoms with van der Waals surface area (Å²) >= 11 is 0. The minimum Gasteiger partial charge on any atom is -0.441 e. The van der Waals surface area contributed by atoms with Gasteiger partial charge in [-0.2, -0.15) is 0 Å². The standard InChI is InChI=1S/C28H25FN2O2/c1-18-10-12-21(13-11-18)27-24-9-4-3-6-20(24)14-15-31(27)26(32)17-25-19(2)33-28(30-25)22-7-5-8-23(29)16-22/h3-13,16,27H,14-15,17H2,1-2H3/t27-/m0/s1. The van der Waals surface area contributed by atoms with Gasteiger partial charge >= 0.3 is 0 Å². The minimum absolute atomic E-state index is 0.00253. The van der Waals surface area contributed by atoms with E-state index in [-0.39, 0.29) is 24.2 Å². The highest BCUT2D eigenvalue weighted by Crippen LogP contribution is 2.36. The van der Waals surface area contributed by atoms with Crippen LogP contribution in [0, 0.1) is 19.7 Å². The van der Waals surface area contributed by atoms with Gasteiger partial charge in [0, 0.05) is 12.1 Å². The Kier molecular flexibility index (Phi) is 5.55. The van der Waals surface area contributed by atoms with Crippen LogP contribution in [-0.2, 0) is 17.6 Å². The molecule has 5 heteroatoms. The summed E-state index contributed by atoms with van der Waals surface area (Å²) in [6.07, 6.45) is 0.950. The Morgan fingerprint density at radius 2 is 1.85 bits per heavy atom. The lowest BCUT2D eigenvalue weighted by atomic mass is 9.87. The van der Waals surface area contributed by atoms with Crippen molar-refractivity contribution in [3.8, 4) is 11.5 Å². The molecule has 4 aromatic rings. The number of aryl methyl sites for hydroxylation is 2. The summed E-state index contributed by atoms with van der Waals surface area (Å²) in [5, 5.41) is 0. The number of hydrogen-bond acceptors (Lipinski definition) is 3. The van der Waals surface area contributed by atoms with Crippen LogP contribution in [-0.4, -0.2) is 22.3 Å². The van der Waals surface area contributed by atoms with Crippen LogP contribution in [0.1, 0.15) is 39.7 Å². The molecule has 1 aliphatic heterocycles. The zero-order valence-electron chi connectivity index (χ0n) is 18.7. The SMILES string of the molecule is Cc1ccc([C@H]2c3ccccc3CCN2C(=O)Cc2nc(-c3cccc(F)c3)oc2C)cc1. The molecule has 0 saturated carbocycles. The molecule has 2 heterocycles. The molecule has 5 rings (SSSR count). The molecule has 1 atom stereocenters. The lowest BCUT2D eigenvalue weighted by Crippen LogP contribution is -2.41. The van der Waals surface area contributed by atoms with Gasteiger partial charge in [-0.25, -0.2) is 9.37 Å². The monoisotopic (exact) mass is 440 g/mol. The molecular formula is C28H25FN2O2. The van der Waals surface area contributed by atoms with Crippen molar-refractivity contribution >= 4 is 5.91 Å². The molecule has 3 aromatic carbocycles. The first-order valence-corrected chi connectivity index (χ1v) is 11.2. The zero-order chi connectivity index (χ0) is 22.9. The van der Waals surface area contributed by atoms with Crippen molar-refractivity contribution in [2.75, 3.05) is 6.54 Å². The van der Waals surface area contributed by atoms with E-state index in [4.69, 9.17) is 4.42 Å². The number of hydrogen-bond donors (Lipinski definition) is 0. The van der Waals surface area contributed by atoms with Crippen LogP contribution in [0.4, 0.5) is 4.39 Å². The fourth-order valence-corrected chi connectivity index (χ4v) is 4.53. The number of fused-ring (bicyclic) bond motifs is 1. The maximum Gasteiger partial charge on any atom is 0.229 e. The van der Waals surface area contributed by atoms with Crippen molar-refractivity contribution in [2.45, 2.75) is 32.7 Å². The number of rotatable bonds is 4. The van der Waals surface area contributed by atoms with Gasteiger partial charge in [0.2, 0.25) is 11.8 Å². The highest BCUT2D eigenvalue weighted by Gasteiger charge is 2.32. The third kappa shape index (κ3) is 4.19. The zero-order valence-corrected chi connectivity index (χ0v) is 18.7. The van der Waals surface area contributed by atoms with Gasteiger partial charge in [0.25, 0.3) is 0 Å². The van der Waals surface area contributed by atoms with Crippen molar-refractivity contribution in [2.24, 2.45) is 0 Å². The van der Waals surface area contributed by atoms with E-state index in [0.717, 1.165) is 12.0 Å². The second-order valence-corrected chi connectivity index (χ2v) is 8.56. The highest BCUT2D eigenvalue weighted by atomic mass is 19.1. The summed E-state index contributed by atoms with van der Waals surface area (Å²) in [6.45, 7) is 4.49. The van der Waals surface area contributed by atoms with Crippen molar-refractivity contribution in [1.29, 1.82) is 0 Å². The summed E-state index contributed by atoms with van der Waals surface area (Å²) in [5.74, 6) is 0.548. The van der Waals surface area contributed by atoms with Gasteiger partial charge in [0.05, 0.1) is 18.2 Å². The highest BCUT2D eigenvalue weighted by molar-refractivity contribution is 5.80. The molecule has 1 aliphatic rings. The molecule has 0 spiro atoms. The quantitative estimate of drug-likeness (QED) is 0.402. The van der Waals surface area contributed by atoms with E-state index < -0.39 is 0 Å². The average molecular weight is 441 g/mol. The largest absolute Gasteiger partial charge is 0.441 e. The van der Waals surface area contributed by atoms with E-state index in [1.165, 1.54) is 28.8 Å². The molecule has 0 fully saturated rings. The molecule has 0 bridgehead atoms. The fourth-order valence-electron chi connectivity index (χ4n) is 4.53. The Bertz CT molecular complexity index is 1310. The van der Waals surface area contributed by atoms with Crippen molar-refractivity contribution in [1.82, 2.24) is 9.88 Å².